The van der Waals surface area contributed by atoms with Crippen LogP contribution >= 0.6 is 12.2 Å². The molecule has 0 saturated heterocycles. The number of fused-ring (bicyclic) bond motifs is 3. The van der Waals surface area contributed by atoms with Crippen molar-refractivity contribution in [2.24, 2.45) is 0 Å². The number of hydrogen-bond acceptors (Lipinski definition) is 7. The van der Waals surface area contributed by atoms with Crippen LogP contribution in [0.5, 0.6) is 11.5 Å². The number of anilines is 1. The Kier molecular flexibility index (Phi) is 5.85. The summed E-state index contributed by atoms with van der Waals surface area (Å²) in [6, 6.07) is 12.6. The van der Waals surface area contributed by atoms with E-state index in [0.717, 1.165) is 5.56 Å². The van der Waals surface area contributed by atoms with Gasteiger partial charge in [-0.25, -0.2) is 9.55 Å². The molecular formula is C22H22N4O4S. The molecule has 0 fully saturated rings. The zero-order chi connectivity index (χ0) is 22.0. The van der Waals surface area contributed by atoms with Crippen molar-refractivity contribution in [3.8, 4) is 11.5 Å². The number of aromatic nitrogens is 2. The number of nitrogens with one attached hydrogen (secondary N) is 2. The first-order valence-corrected chi connectivity index (χ1v) is 10.2. The predicted molar refractivity (Wildman–Crippen MR) is 119 cm³/mol. The third-order valence-electron chi connectivity index (χ3n) is 5.21. The monoisotopic (exact) mass is 438 g/mol. The number of methoxy groups -OCH3 is 2. The molecule has 1 aromatic heterocycles. The van der Waals surface area contributed by atoms with Crippen LogP contribution in [0.25, 0.3) is 10.9 Å². The minimum Gasteiger partial charge on any atom is -0.493 e. The maximum absolute atomic E-state index is 12.9. The van der Waals surface area contributed by atoms with Gasteiger partial charge in [0.15, 0.2) is 11.5 Å². The van der Waals surface area contributed by atoms with Crippen molar-refractivity contribution in [3.05, 3.63) is 52.8 Å². The summed E-state index contributed by atoms with van der Waals surface area (Å²) in [6.07, 6.45) is 0.546. The van der Waals surface area contributed by atoms with Gasteiger partial charge in [-0.3, -0.25) is 9.59 Å². The number of carbonyl (C=O) groups is 2. The van der Waals surface area contributed by atoms with Crippen LogP contribution in [0.1, 0.15) is 23.2 Å². The van der Waals surface area contributed by atoms with E-state index in [1.807, 2.05) is 30.3 Å². The average Bonchev–Trinajstić information content (AvgIpc) is 3.13. The third kappa shape index (κ3) is 4.09. The maximum Gasteiger partial charge on any atom is 0.257 e. The van der Waals surface area contributed by atoms with E-state index in [1.54, 1.807) is 26.4 Å². The molecule has 2 aromatic carbocycles. The van der Waals surface area contributed by atoms with Gasteiger partial charge in [-0.15, -0.1) is 0 Å². The van der Waals surface area contributed by atoms with Gasteiger partial charge >= 0.3 is 0 Å². The van der Waals surface area contributed by atoms with Crippen LogP contribution < -0.4 is 20.1 Å². The molecule has 1 amide bonds. The van der Waals surface area contributed by atoms with Gasteiger partial charge < -0.3 is 20.1 Å². The molecule has 0 saturated carbocycles. The minimum atomic E-state index is -0.565. The van der Waals surface area contributed by atoms with E-state index in [2.05, 4.69) is 15.6 Å². The lowest BCUT2D eigenvalue weighted by Crippen LogP contribution is -2.29. The summed E-state index contributed by atoms with van der Waals surface area (Å²) < 4.78 is 12.2. The fourth-order valence-electron chi connectivity index (χ4n) is 3.60. The summed E-state index contributed by atoms with van der Waals surface area (Å²) in [5.74, 6) is 1.26. The molecule has 31 heavy (non-hydrogen) atoms. The second-order valence-electron chi connectivity index (χ2n) is 7.14. The van der Waals surface area contributed by atoms with Gasteiger partial charge in [0.2, 0.25) is 10.7 Å². The van der Waals surface area contributed by atoms with Gasteiger partial charge in [-0.2, -0.15) is 0 Å². The van der Waals surface area contributed by atoms with E-state index < -0.39 is 6.04 Å². The molecule has 0 unspecified atom stereocenters. The molecule has 8 nitrogen and oxygen atoms in total. The Bertz CT molecular complexity index is 1210. The maximum atomic E-state index is 12.9. The Balaban J connectivity index is 1.50. The molecule has 1 aliphatic heterocycles. The number of rotatable bonds is 7. The number of ether oxygens (including phenoxy) is 2. The van der Waals surface area contributed by atoms with Crippen molar-refractivity contribution < 1.29 is 19.1 Å². The van der Waals surface area contributed by atoms with Crippen LogP contribution in [-0.2, 0) is 11.3 Å². The van der Waals surface area contributed by atoms with Gasteiger partial charge in [0.05, 0.1) is 19.7 Å². The van der Waals surface area contributed by atoms with Crippen molar-refractivity contribution >= 4 is 40.8 Å². The first kappa shape index (κ1) is 20.8. The molecular weight excluding hydrogens is 416 g/mol. The molecule has 0 aliphatic carbocycles. The van der Waals surface area contributed by atoms with E-state index in [4.69, 9.17) is 21.7 Å². The number of amides is 1. The third-order valence-corrected chi connectivity index (χ3v) is 5.48. The van der Waals surface area contributed by atoms with Gasteiger partial charge in [0.1, 0.15) is 11.9 Å². The molecule has 2 heterocycles. The Morgan fingerprint density at radius 1 is 1.19 bits per heavy atom. The number of benzene rings is 2. The smallest absolute Gasteiger partial charge is 0.257 e. The zero-order valence-electron chi connectivity index (χ0n) is 17.2. The molecule has 160 valence electrons. The lowest BCUT2D eigenvalue weighted by atomic mass is 10.1. The first-order valence-electron chi connectivity index (χ1n) is 9.82. The van der Waals surface area contributed by atoms with Crippen LogP contribution in [0.15, 0.2) is 42.5 Å². The zero-order valence-corrected chi connectivity index (χ0v) is 18.0. The highest BCUT2D eigenvalue weighted by Gasteiger charge is 2.32. The van der Waals surface area contributed by atoms with E-state index >= 15 is 0 Å². The number of hydrogen-bond donors (Lipinski definition) is 2. The molecule has 2 N–H and O–H groups in total. The number of nitrogens with zero attached hydrogens (tertiary/aromatic N) is 2. The van der Waals surface area contributed by atoms with Crippen molar-refractivity contribution in [2.75, 3.05) is 19.5 Å². The summed E-state index contributed by atoms with van der Waals surface area (Å²) in [6.45, 7) is 0.452. The highest BCUT2D eigenvalue weighted by molar-refractivity contribution is 7.71. The highest BCUT2D eigenvalue weighted by Crippen LogP contribution is 2.36. The molecule has 0 bridgehead atoms. The standard InChI is InChI=1S/C22H22N4O4S/c1-29-17-10-14-16(11-18(17)30-2)25-22(31)26-20(14)24-15(21(26)28)8-9-19(27)23-12-13-6-4-3-5-7-13/h3-7,10-11,15,24H,8-9,12H2,1-2H3,(H,23,27)/t15-/m0/s1. The van der Waals surface area contributed by atoms with Crippen molar-refractivity contribution in [1.82, 2.24) is 14.9 Å². The first-order chi connectivity index (χ1) is 15.0. The lowest BCUT2D eigenvalue weighted by molar-refractivity contribution is -0.121. The van der Waals surface area contributed by atoms with E-state index in [1.165, 1.54) is 4.57 Å². The van der Waals surface area contributed by atoms with Crippen LogP contribution in [0.3, 0.4) is 0 Å². The molecule has 3 aromatic rings. The second-order valence-corrected chi connectivity index (χ2v) is 7.50. The van der Waals surface area contributed by atoms with Gasteiger partial charge in [-0.1, -0.05) is 30.3 Å². The van der Waals surface area contributed by atoms with Gasteiger partial charge in [0.25, 0.3) is 5.91 Å². The van der Waals surface area contributed by atoms with Crippen LogP contribution in [0.4, 0.5) is 5.82 Å². The summed E-state index contributed by atoms with van der Waals surface area (Å²) in [5, 5.41) is 6.79. The van der Waals surface area contributed by atoms with Crippen molar-refractivity contribution in [1.29, 1.82) is 0 Å². The summed E-state index contributed by atoms with van der Waals surface area (Å²) in [7, 11) is 3.09. The minimum absolute atomic E-state index is 0.118. The van der Waals surface area contributed by atoms with Crippen LogP contribution in [-0.4, -0.2) is 41.6 Å². The molecule has 0 radical (unpaired) electrons. The van der Waals surface area contributed by atoms with Crippen LogP contribution in [0, 0.1) is 4.77 Å². The van der Waals surface area contributed by atoms with Crippen LogP contribution in [0.2, 0.25) is 0 Å². The Hall–Kier alpha value is -3.46. The van der Waals surface area contributed by atoms with E-state index in [0.29, 0.717) is 41.2 Å². The quantitative estimate of drug-likeness (QED) is 0.547. The number of carbonyl (C=O) groups excluding carboxylic acids is 2. The summed E-state index contributed by atoms with van der Waals surface area (Å²) in [4.78, 5) is 29.6. The Morgan fingerprint density at radius 2 is 1.90 bits per heavy atom. The Morgan fingerprint density at radius 3 is 2.61 bits per heavy atom. The fourth-order valence-corrected chi connectivity index (χ4v) is 3.88. The van der Waals surface area contributed by atoms with Gasteiger partial charge in [-0.05, 0) is 30.3 Å². The predicted octanol–water partition coefficient (Wildman–Crippen LogP) is 3.31. The normalized spacial score (nSPS) is 14.8. The largest absolute Gasteiger partial charge is 0.493 e. The highest BCUT2D eigenvalue weighted by atomic mass is 32.1. The van der Waals surface area contributed by atoms with Crippen molar-refractivity contribution in [2.45, 2.75) is 25.4 Å². The second kappa shape index (κ2) is 8.73. The average molecular weight is 439 g/mol. The fraction of sp³-hybridized carbons (Fsp3) is 0.273. The molecule has 1 aliphatic rings. The topological polar surface area (TPSA) is 94.5 Å². The van der Waals surface area contributed by atoms with E-state index in [-0.39, 0.29) is 23.0 Å². The molecule has 0 spiro atoms. The summed E-state index contributed by atoms with van der Waals surface area (Å²) in [5.41, 5.74) is 1.61. The summed E-state index contributed by atoms with van der Waals surface area (Å²) >= 11 is 5.35. The Labute approximate surface area is 184 Å². The molecule has 9 heteroatoms. The van der Waals surface area contributed by atoms with Gasteiger partial charge in [0, 0.05) is 24.4 Å². The lowest BCUT2D eigenvalue weighted by Gasteiger charge is -2.12. The molecule has 4 rings (SSSR count). The van der Waals surface area contributed by atoms with E-state index in [9.17, 15) is 9.59 Å². The SMILES string of the molecule is COc1cc2nc(=S)n3c(c2cc1OC)N[C@@H](CCC(=O)NCc1ccccc1)C3=O. The molecule has 1 atom stereocenters. The van der Waals surface area contributed by atoms with Crippen molar-refractivity contribution in [3.63, 3.8) is 0 Å².